The number of unbranched alkanes of at least 4 members (excludes halogenated alkanes) is 1. The van der Waals surface area contributed by atoms with Gasteiger partial charge in [-0.3, -0.25) is 0 Å². The number of benzene rings is 1. The van der Waals surface area contributed by atoms with E-state index in [2.05, 4.69) is 12.2 Å². The van der Waals surface area contributed by atoms with E-state index in [1.165, 1.54) is 14.2 Å². The molecule has 1 heterocycles. The summed E-state index contributed by atoms with van der Waals surface area (Å²) < 4.78 is 15.2. The molecule has 1 N–H and O–H groups in total. The highest BCUT2D eigenvalue weighted by Gasteiger charge is 2.30. The summed E-state index contributed by atoms with van der Waals surface area (Å²) >= 11 is 0. The van der Waals surface area contributed by atoms with Crippen LogP contribution in [0.1, 0.15) is 52.0 Å². The van der Waals surface area contributed by atoms with Crippen LogP contribution in [0.4, 0.5) is 5.69 Å². The minimum atomic E-state index is -0.733. The van der Waals surface area contributed by atoms with Crippen LogP contribution in [0, 0.1) is 0 Å². The van der Waals surface area contributed by atoms with Crippen LogP contribution < -0.4 is 5.32 Å². The molecule has 1 aromatic carbocycles. The van der Waals surface area contributed by atoms with Gasteiger partial charge in [-0.05, 0) is 18.1 Å². The first-order valence-electron chi connectivity index (χ1n) is 8.42. The summed E-state index contributed by atoms with van der Waals surface area (Å²) in [6.45, 7) is 2.70. The summed E-state index contributed by atoms with van der Waals surface area (Å²) in [7, 11) is 2.49. The van der Waals surface area contributed by atoms with Crippen molar-refractivity contribution >= 4 is 29.8 Å². The van der Waals surface area contributed by atoms with Crippen molar-refractivity contribution in [2.45, 2.75) is 19.8 Å². The van der Waals surface area contributed by atoms with E-state index in [-0.39, 0.29) is 11.3 Å². The number of rotatable bonds is 8. The van der Waals surface area contributed by atoms with Gasteiger partial charge in [0.15, 0.2) is 5.76 Å². The van der Waals surface area contributed by atoms with Crippen LogP contribution >= 0.6 is 0 Å². The fourth-order valence-electron chi connectivity index (χ4n) is 2.40. The molecule has 0 spiro atoms. The second-order valence-electron chi connectivity index (χ2n) is 5.55. The Morgan fingerprint density at radius 3 is 2.38 bits per heavy atom. The van der Waals surface area contributed by atoms with E-state index in [0.717, 1.165) is 18.4 Å². The number of anilines is 1. The molecule has 0 unspecified atom stereocenters. The normalized spacial score (nSPS) is 10.7. The van der Waals surface area contributed by atoms with E-state index in [4.69, 9.17) is 13.9 Å². The predicted octanol–water partition coefficient (Wildman–Crippen LogP) is 4.24. The minimum Gasteiger partial charge on any atom is -0.465 e. The summed E-state index contributed by atoms with van der Waals surface area (Å²) in [4.78, 5) is 24.3. The number of methoxy groups -OCH3 is 2. The summed E-state index contributed by atoms with van der Waals surface area (Å²) in [5.41, 5.74) is 1.43. The molecule has 0 saturated heterocycles. The van der Waals surface area contributed by atoms with E-state index in [1.54, 1.807) is 6.08 Å². The molecule has 0 radical (unpaired) electrons. The molecule has 0 fully saturated rings. The van der Waals surface area contributed by atoms with Gasteiger partial charge < -0.3 is 19.2 Å². The first kappa shape index (κ1) is 19.3. The van der Waals surface area contributed by atoms with E-state index >= 15 is 0 Å². The van der Waals surface area contributed by atoms with Gasteiger partial charge in [0, 0.05) is 6.54 Å². The van der Waals surface area contributed by atoms with Gasteiger partial charge >= 0.3 is 11.9 Å². The number of carbonyl (C=O) groups is 2. The molecule has 6 nitrogen and oxygen atoms in total. The lowest BCUT2D eigenvalue weighted by molar-refractivity contribution is 0.0528. The number of hydrogen-bond acceptors (Lipinski definition) is 6. The number of ether oxygens (including phenoxy) is 2. The Balaban J connectivity index is 2.49. The van der Waals surface area contributed by atoms with Crippen molar-refractivity contribution in [2.24, 2.45) is 0 Å². The number of furan rings is 1. The van der Waals surface area contributed by atoms with E-state index in [0.29, 0.717) is 18.0 Å². The average molecular weight is 357 g/mol. The molecule has 0 saturated carbocycles. The molecule has 1 aromatic heterocycles. The summed E-state index contributed by atoms with van der Waals surface area (Å²) in [5.74, 6) is -1.20. The highest BCUT2D eigenvalue weighted by atomic mass is 16.5. The maximum Gasteiger partial charge on any atom is 0.374 e. The van der Waals surface area contributed by atoms with Crippen LogP contribution in [-0.2, 0) is 9.47 Å². The third-order valence-corrected chi connectivity index (χ3v) is 3.75. The Hall–Kier alpha value is -3.02. The van der Waals surface area contributed by atoms with Crippen molar-refractivity contribution in [3.63, 3.8) is 0 Å². The molecule has 0 aliphatic rings. The molecule has 0 amide bonds. The molecule has 0 aliphatic carbocycles. The first-order chi connectivity index (χ1) is 12.6. The van der Waals surface area contributed by atoms with Gasteiger partial charge in [0.25, 0.3) is 0 Å². The maximum absolute atomic E-state index is 12.2. The Morgan fingerprint density at radius 2 is 1.77 bits per heavy atom. The van der Waals surface area contributed by atoms with Crippen LogP contribution in [0.15, 0.2) is 34.7 Å². The zero-order valence-corrected chi connectivity index (χ0v) is 15.2. The van der Waals surface area contributed by atoms with Crippen molar-refractivity contribution < 1.29 is 23.5 Å². The van der Waals surface area contributed by atoms with Crippen LogP contribution in [0.3, 0.4) is 0 Å². The van der Waals surface area contributed by atoms with Crippen molar-refractivity contribution in [1.29, 1.82) is 0 Å². The largest absolute Gasteiger partial charge is 0.465 e. The molecule has 0 atom stereocenters. The van der Waals surface area contributed by atoms with Gasteiger partial charge in [-0.1, -0.05) is 49.8 Å². The van der Waals surface area contributed by atoms with Crippen molar-refractivity contribution in [2.75, 3.05) is 26.1 Å². The van der Waals surface area contributed by atoms with Crippen molar-refractivity contribution in [1.82, 2.24) is 0 Å². The molecule has 6 heteroatoms. The second-order valence-corrected chi connectivity index (χ2v) is 5.55. The van der Waals surface area contributed by atoms with E-state index in [9.17, 15) is 9.59 Å². The van der Waals surface area contributed by atoms with E-state index < -0.39 is 11.9 Å². The monoisotopic (exact) mass is 357 g/mol. The Kier molecular flexibility index (Phi) is 7.02. The molecule has 0 aliphatic heterocycles. The van der Waals surface area contributed by atoms with Gasteiger partial charge in [0.1, 0.15) is 5.56 Å². The summed E-state index contributed by atoms with van der Waals surface area (Å²) in [6, 6.07) is 9.63. The molecule has 0 bridgehead atoms. The highest BCUT2D eigenvalue weighted by Crippen LogP contribution is 2.31. The Morgan fingerprint density at radius 1 is 1.08 bits per heavy atom. The zero-order chi connectivity index (χ0) is 18.9. The van der Waals surface area contributed by atoms with Crippen LogP contribution in [0.25, 0.3) is 12.2 Å². The molecule has 138 valence electrons. The average Bonchev–Trinajstić information content (AvgIpc) is 3.04. The topological polar surface area (TPSA) is 77.8 Å². The van der Waals surface area contributed by atoms with Crippen molar-refractivity contribution in [3.05, 3.63) is 53.0 Å². The zero-order valence-electron chi connectivity index (χ0n) is 15.2. The molecule has 26 heavy (non-hydrogen) atoms. The lowest BCUT2D eigenvalue weighted by Gasteiger charge is -2.07. The lowest BCUT2D eigenvalue weighted by atomic mass is 10.1. The SMILES string of the molecule is CCCCNc1c(/C=C/c2ccccc2)oc(C(=O)OC)c1C(=O)OC. The standard InChI is InChI=1S/C20H23NO5/c1-4-5-13-21-17-15(12-11-14-9-7-6-8-10-14)26-18(20(23)25-3)16(17)19(22)24-2/h6-12,21H,4-5,13H2,1-3H3/b12-11+. The predicted molar refractivity (Wildman–Crippen MR) is 100 cm³/mol. The molecular formula is C20H23NO5. The van der Waals surface area contributed by atoms with Gasteiger partial charge in [-0.15, -0.1) is 0 Å². The van der Waals surface area contributed by atoms with Gasteiger partial charge in [0.2, 0.25) is 5.76 Å². The first-order valence-corrected chi connectivity index (χ1v) is 8.42. The number of esters is 2. The van der Waals surface area contributed by atoms with Gasteiger partial charge in [-0.25, -0.2) is 9.59 Å². The number of carbonyl (C=O) groups excluding carboxylic acids is 2. The van der Waals surface area contributed by atoms with Gasteiger partial charge in [0.05, 0.1) is 19.9 Å². The van der Waals surface area contributed by atoms with Crippen LogP contribution in [-0.4, -0.2) is 32.7 Å². The van der Waals surface area contributed by atoms with E-state index in [1.807, 2.05) is 36.4 Å². The van der Waals surface area contributed by atoms with Crippen LogP contribution in [0.5, 0.6) is 0 Å². The third kappa shape index (κ3) is 4.53. The van der Waals surface area contributed by atoms with Crippen molar-refractivity contribution in [3.8, 4) is 0 Å². The summed E-state index contributed by atoms with van der Waals surface area (Å²) in [5, 5.41) is 3.18. The van der Waals surface area contributed by atoms with Crippen LogP contribution in [0.2, 0.25) is 0 Å². The lowest BCUT2D eigenvalue weighted by Crippen LogP contribution is -2.12. The fraction of sp³-hybridized carbons (Fsp3) is 0.300. The van der Waals surface area contributed by atoms with Gasteiger partial charge in [-0.2, -0.15) is 0 Å². The molecule has 2 aromatic rings. The Bertz CT molecular complexity index is 777. The third-order valence-electron chi connectivity index (χ3n) is 3.75. The maximum atomic E-state index is 12.2. The molecule has 2 rings (SSSR count). The smallest absolute Gasteiger partial charge is 0.374 e. The Labute approximate surface area is 152 Å². The highest BCUT2D eigenvalue weighted by molar-refractivity contribution is 6.07. The minimum absolute atomic E-state index is 0.0446. The second kappa shape index (κ2) is 9.46. The number of nitrogens with one attached hydrogen (secondary N) is 1. The molecular weight excluding hydrogens is 334 g/mol. The number of hydrogen-bond donors (Lipinski definition) is 1. The quantitative estimate of drug-likeness (QED) is 0.562. The fourth-order valence-corrected chi connectivity index (χ4v) is 2.40. The summed E-state index contributed by atoms with van der Waals surface area (Å²) in [6.07, 6.45) is 5.44.